The fourth-order valence-electron chi connectivity index (χ4n) is 4.10. The lowest BCUT2D eigenvalue weighted by Gasteiger charge is -2.23. The molecule has 2 aliphatic carbocycles. The number of hydrogen-bond acceptors (Lipinski definition) is 4. The fraction of sp³-hybridized carbons (Fsp3) is 0.550. The molecule has 0 radical (unpaired) electrons. The van der Waals surface area contributed by atoms with Crippen molar-refractivity contribution in [1.29, 1.82) is 0 Å². The number of hydrogen-bond donors (Lipinski definition) is 0. The molecule has 0 bridgehead atoms. The zero-order chi connectivity index (χ0) is 16.9. The molecule has 130 valence electrons. The third-order valence-electron chi connectivity index (χ3n) is 5.94. The van der Waals surface area contributed by atoms with Crippen LogP contribution >= 0.6 is 0 Å². The van der Waals surface area contributed by atoms with Crippen molar-refractivity contribution in [2.75, 3.05) is 13.1 Å². The van der Waals surface area contributed by atoms with E-state index in [1.54, 1.807) is 0 Å². The highest BCUT2D eigenvalue weighted by atomic mass is 16.5. The van der Waals surface area contributed by atoms with Crippen molar-refractivity contribution in [3.05, 3.63) is 47.6 Å². The van der Waals surface area contributed by atoms with Crippen LogP contribution in [0.25, 0.3) is 0 Å². The Hall–Kier alpha value is -2.17. The summed E-state index contributed by atoms with van der Waals surface area (Å²) in [4.78, 5) is 19.7. The van der Waals surface area contributed by atoms with E-state index >= 15 is 0 Å². The quantitative estimate of drug-likeness (QED) is 0.841. The third-order valence-corrected chi connectivity index (χ3v) is 5.94. The Morgan fingerprint density at radius 1 is 1.20 bits per heavy atom. The van der Waals surface area contributed by atoms with Gasteiger partial charge in [0, 0.05) is 25.4 Å². The highest BCUT2D eigenvalue weighted by molar-refractivity contribution is 5.91. The zero-order valence-corrected chi connectivity index (χ0v) is 14.4. The summed E-state index contributed by atoms with van der Waals surface area (Å²) < 4.78 is 5.35. The number of likely N-dealkylation sites (tertiary alicyclic amines) is 1. The summed E-state index contributed by atoms with van der Waals surface area (Å²) in [5.41, 5.74) is 0.928. The van der Waals surface area contributed by atoms with E-state index in [-0.39, 0.29) is 5.41 Å². The van der Waals surface area contributed by atoms with Crippen LogP contribution in [0, 0.1) is 5.92 Å². The Morgan fingerprint density at radius 3 is 2.72 bits per heavy atom. The van der Waals surface area contributed by atoms with Crippen molar-refractivity contribution in [2.24, 2.45) is 5.92 Å². The first-order valence-corrected chi connectivity index (χ1v) is 9.42. The van der Waals surface area contributed by atoms with E-state index in [1.807, 2.05) is 18.2 Å². The molecule has 2 heterocycles. The van der Waals surface area contributed by atoms with Gasteiger partial charge in [0.05, 0.1) is 5.41 Å². The second-order valence-corrected chi connectivity index (χ2v) is 7.88. The van der Waals surface area contributed by atoms with E-state index in [1.165, 1.54) is 18.4 Å². The summed E-state index contributed by atoms with van der Waals surface area (Å²) in [6.45, 7) is 1.67. The molecule has 5 rings (SSSR count). The van der Waals surface area contributed by atoms with Gasteiger partial charge in [-0.2, -0.15) is 4.98 Å². The molecule has 1 unspecified atom stereocenters. The molecule has 1 aromatic carbocycles. The molecule has 0 spiro atoms. The molecule has 1 aliphatic heterocycles. The van der Waals surface area contributed by atoms with E-state index in [0.29, 0.717) is 17.7 Å². The molecule has 25 heavy (non-hydrogen) atoms. The van der Waals surface area contributed by atoms with Crippen molar-refractivity contribution < 1.29 is 9.32 Å². The predicted molar refractivity (Wildman–Crippen MR) is 92.0 cm³/mol. The van der Waals surface area contributed by atoms with Crippen LogP contribution in [0.1, 0.15) is 55.3 Å². The molecule has 3 aliphatic rings. The molecular weight excluding hydrogens is 314 g/mol. The maximum atomic E-state index is 13.1. The average molecular weight is 337 g/mol. The maximum absolute atomic E-state index is 13.1. The van der Waals surface area contributed by atoms with E-state index in [2.05, 4.69) is 27.2 Å². The van der Waals surface area contributed by atoms with Crippen LogP contribution in [0.4, 0.5) is 0 Å². The second-order valence-electron chi connectivity index (χ2n) is 7.88. The van der Waals surface area contributed by atoms with Crippen LogP contribution in [0.2, 0.25) is 0 Å². The lowest BCUT2D eigenvalue weighted by molar-refractivity contribution is -0.133. The molecule has 2 aromatic rings. The number of benzene rings is 1. The molecule has 5 heteroatoms. The van der Waals surface area contributed by atoms with Crippen LogP contribution in [-0.2, 0) is 16.6 Å². The minimum atomic E-state index is -0.249. The summed E-state index contributed by atoms with van der Waals surface area (Å²) in [5.74, 6) is 2.88. The molecule has 1 aromatic heterocycles. The molecule has 5 nitrogen and oxygen atoms in total. The van der Waals surface area contributed by atoms with Crippen LogP contribution in [-0.4, -0.2) is 34.0 Å². The number of aromatic nitrogens is 2. The summed E-state index contributed by atoms with van der Waals surface area (Å²) in [6, 6.07) is 10.3. The Kier molecular flexibility index (Phi) is 3.43. The molecule has 1 amide bonds. The number of carbonyl (C=O) groups excluding carboxylic acids is 1. The Morgan fingerprint density at radius 2 is 2.00 bits per heavy atom. The van der Waals surface area contributed by atoms with Gasteiger partial charge in [-0.25, -0.2) is 0 Å². The van der Waals surface area contributed by atoms with E-state index in [4.69, 9.17) is 4.52 Å². The van der Waals surface area contributed by atoms with Gasteiger partial charge in [0.1, 0.15) is 0 Å². The second kappa shape index (κ2) is 5.68. The minimum Gasteiger partial charge on any atom is -0.342 e. The summed E-state index contributed by atoms with van der Waals surface area (Å²) in [7, 11) is 0. The highest BCUT2D eigenvalue weighted by Gasteiger charge is 2.53. The molecule has 3 fully saturated rings. The van der Waals surface area contributed by atoms with Gasteiger partial charge in [-0.3, -0.25) is 4.79 Å². The molecule has 1 saturated heterocycles. The standard InChI is InChI=1S/C20H23N3O2/c24-19(20(9-10-20)16-4-2-1-3-5-16)23-11-8-14(13-23)12-17-21-18(25-22-17)15-6-7-15/h1-5,14-15H,6-13H2. The first kappa shape index (κ1) is 15.1. The number of rotatable bonds is 5. The predicted octanol–water partition coefficient (Wildman–Crippen LogP) is 3.07. The SMILES string of the molecule is O=C(N1CCC(Cc2noc(C3CC3)n2)C1)C1(c2ccccc2)CC1. The number of carbonyl (C=O) groups is 1. The largest absolute Gasteiger partial charge is 0.342 e. The first-order valence-electron chi connectivity index (χ1n) is 9.42. The van der Waals surface area contributed by atoms with Gasteiger partial charge in [0.15, 0.2) is 5.82 Å². The highest BCUT2D eigenvalue weighted by Crippen LogP contribution is 2.50. The number of amides is 1. The van der Waals surface area contributed by atoms with Crippen LogP contribution < -0.4 is 0 Å². The van der Waals surface area contributed by atoms with Gasteiger partial charge in [-0.05, 0) is 43.6 Å². The van der Waals surface area contributed by atoms with Crippen molar-refractivity contribution in [1.82, 2.24) is 15.0 Å². The molecule has 1 atom stereocenters. The maximum Gasteiger partial charge on any atom is 0.233 e. The van der Waals surface area contributed by atoms with Gasteiger partial charge in [0.2, 0.25) is 11.8 Å². The van der Waals surface area contributed by atoms with E-state index in [9.17, 15) is 4.79 Å². The smallest absolute Gasteiger partial charge is 0.233 e. The van der Waals surface area contributed by atoms with Crippen LogP contribution in [0.15, 0.2) is 34.9 Å². The molecule has 0 N–H and O–H groups in total. The van der Waals surface area contributed by atoms with Gasteiger partial charge < -0.3 is 9.42 Å². The van der Waals surface area contributed by atoms with Gasteiger partial charge in [-0.1, -0.05) is 35.5 Å². The molecule has 2 saturated carbocycles. The van der Waals surface area contributed by atoms with Crippen LogP contribution in [0.5, 0.6) is 0 Å². The van der Waals surface area contributed by atoms with Gasteiger partial charge >= 0.3 is 0 Å². The lowest BCUT2D eigenvalue weighted by Crippen LogP contribution is -2.38. The van der Waals surface area contributed by atoms with Crippen LogP contribution in [0.3, 0.4) is 0 Å². The first-order chi connectivity index (χ1) is 12.2. The minimum absolute atomic E-state index is 0.249. The molecular formula is C20H23N3O2. The van der Waals surface area contributed by atoms with E-state index in [0.717, 1.165) is 50.5 Å². The third kappa shape index (κ3) is 2.75. The summed E-state index contributed by atoms with van der Waals surface area (Å²) >= 11 is 0. The van der Waals surface area contributed by atoms with E-state index < -0.39 is 0 Å². The van der Waals surface area contributed by atoms with Crippen molar-refractivity contribution in [3.63, 3.8) is 0 Å². The Bertz CT molecular complexity index is 777. The van der Waals surface area contributed by atoms with Crippen molar-refractivity contribution >= 4 is 5.91 Å². The summed E-state index contributed by atoms with van der Waals surface area (Å²) in [5, 5.41) is 4.13. The average Bonchev–Trinajstić information content (AvgIpc) is 3.56. The normalized spacial score (nSPS) is 24.5. The Labute approximate surface area is 147 Å². The van der Waals surface area contributed by atoms with Gasteiger partial charge in [-0.15, -0.1) is 0 Å². The zero-order valence-electron chi connectivity index (χ0n) is 14.4. The topological polar surface area (TPSA) is 59.2 Å². The van der Waals surface area contributed by atoms with Crippen molar-refractivity contribution in [2.45, 2.75) is 49.9 Å². The summed E-state index contributed by atoms with van der Waals surface area (Å²) in [6.07, 6.45) is 6.16. The number of nitrogens with zero attached hydrogens (tertiary/aromatic N) is 3. The fourth-order valence-corrected chi connectivity index (χ4v) is 4.10. The Balaban J connectivity index is 1.23. The van der Waals surface area contributed by atoms with Gasteiger partial charge in [0.25, 0.3) is 0 Å². The monoisotopic (exact) mass is 337 g/mol. The lowest BCUT2D eigenvalue weighted by atomic mass is 9.94. The van der Waals surface area contributed by atoms with Crippen molar-refractivity contribution in [3.8, 4) is 0 Å².